The summed E-state index contributed by atoms with van der Waals surface area (Å²) in [6.07, 6.45) is 0. The Labute approximate surface area is 169 Å². The van der Waals surface area contributed by atoms with E-state index in [9.17, 15) is 5.11 Å². The normalized spacial score (nSPS) is 21.0. The van der Waals surface area contributed by atoms with Gasteiger partial charge in [-0.15, -0.1) is 0 Å². The highest BCUT2D eigenvalue weighted by Gasteiger charge is 2.23. The zero-order chi connectivity index (χ0) is 19.9. The lowest BCUT2D eigenvalue weighted by atomic mass is 10.2. The molecule has 0 aliphatic carbocycles. The van der Waals surface area contributed by atoms with Crippen LogP contribution in [0.15, 0.2) is 29.3 Å². The van der Waals surface area contributed by atoms with Gasteiger partial charge in [0.25, 0.3) is 0 Å². The monoisotopic (exact) mass is 388 g/mol. The second-order valence-electron chi connectivity index (χ2n) is 7.71. The maximum Gasteiger partial charge on any atom is 0.193 e. The number of hydrogen-bond donors (Lipinski definition) is 2. The fourth-order valence-corrected chi connectivity index (χ4v) is 4.11. The summed E-state index contributed by atoms with van der Waals surface area (Å²) in [6, 6.07) is 8.08. The van der Waals surface area contributed by atoms with Gasteiger partial charge in [0.05, 0.1) is 5.69 Å². The zero-order valence-corrected chi connectivity index (χ0v) is 17.6. The van der Waals surface area contributed by atoms with Gasteiger partial charge in [-0.2, -0.15) is 0 Å². The molecule has 1 aromatic carbocycles. The maximum atomic E-state index is 10.1. The SMILES string of the molecule is CCN1CCN(C(C)CNC(=NC)N2CCN(c3ccccc3O)CC2)CC1. The highest BCUT2D eigenvalue weighted by molar-refractivity contribution is 5.80. The number of aliphatic imine (C=N–C) groups is 1. The minimum absolute atomic E-state index is 0.357. The van der Waals surface area contributed by atoms with Gasteiger partial charge in [0.1, 0.15) is 5.75 Å². The van der Waals surface area contributed by atoms with Gasteiger partial charge in [0, 0.05) is 72.0 Å². The van der Waals surface area contributed by atoms with Gasteiger partial charge < -0.3 is 25.1 Å². The van der Waals surface area contributed by atoms with E-state index in [0.717, 1.165) is 64.0 Å². The number of phenolic OH excluding ortho intramolecular Hbond substituents is 1. The molecule has 0 aromatic heterocycles. The molecular formula is C21H36N6O. The summed E-state index contributed by atoms with van der Waals surface area (Å²) in [5.41, 5.74) is 0.921. The van der Waals surface area contributed by atoms with Crippen molar-refractivity contribution in [3.63, 3.8) is 0 Å². The van der Waals surface area contributed by atoms with Crippen LogP contribution in [0.2, 0.25) is 0 Å². The maximum absolute atomic E-state index is 10.1. The van der Waals surface area contributed by atoms with Crippen molar-refractivity contribution in [3.05, 3.63) is 24.3 Å². The molecule has 2 aliphatic rings. The Kier molecular flexibility index (Phi) is 7.39. The van der Waals surface area contributed by atoms with Gasteiger partial charge in [0.15, 0.2) is 5.96 Å². The zero-order valence-electron chi connectivity index (χ0n) is 17.6. The number of aromatic hydroxyl groups is 1. The Bertz CT molecular complexity index is 636. The van der Waals surface area contributed by atoms with E-state index >= 15 is 0 Å². The van der Waals surface area contributed by atoms with Crippen LogP contribution in [-0.2, 0) is 0 Å². The molecule has 2 aliphatic heterocycles. The summed E-state index contributed by atoms with van der Waals surface area (Å²) in [5.74, 6) is 1.34. The number of para-hydroxylation sites is 2. The molecular weight excluding hydrogens is 352 g/mol. The summed E-state index contributed by atoms with van der Waals surface area (Å²) in [4.78, 5) is 14.2. The molecule has 0 saturated carbocycles. The average Bonchev–Trinajstić information content (AvgIpc) is 2.75. The van der Waals surface area contributed by atoms with Crippen molar-refractivity contribution in [1.82, 2.24) is 20.0 Å². The van der Waals surface area contributed by atoms with Gasteiger partial charge in [-0.05, 0) is 25.6 Å². The van der Waals surface area contributed by atoms with E-state index in [2.05, 4.69) is 43.8 Å². The Morgan fingerprint density at radius 3 is 2.36 bits per heavy atom. The van der Waals surface area contributed by atoms with E-state index in [0.29, 0.717) is 11.8 Å². The van der Waals surface area contributed by atoms with Crippen molar-refractivity contribution in [1.29, 1.82) is 0 Å². The summed E-state index contributed by atoms with van der Waals surface area (Å²) in [5, 5.41) is 13.7. The summed E-state index contributed by atoms with van der Waals surface area (Å²) in [7, 11) is 1.86. The first-order valence-electron chi connectivity index (χ1n) is 10.6. The number of rotatable bonds is 5. The Balaban J connectivity index is 1.45. The minimum Gasteiger partial charge on any atom is -0.506 e. The predicted molar refractivity (Wildman–Crippen MR) is 116 cm³/mol. The number of piperazine rings is 2. The lowest BCUT2D eigenvalue weighted by Gasteiger charge is -2.39. The van der Waals surface area contributed by atoms with Gasteiger partial charge in [-0.3, -0.25) is 9.89 Å². The van der Waals surface area contributed by atoms with Gasteiger partial charge in [-0.1, -0.05) is 19.1 Å². The van der Waals surface area contributed by atoms with E-state index in [1.165, 1.54) is 13.1 Å². The van der Waals surface area contributed by atoms with Gasteiger partial charge in [-0.25, -0.2) is 0 Å². The number of phenols is 1. The van der Waals surface area contributed by atoms with Crippen LogP contribution in [0.3, 0.4) is 0 Å². The summed E-state index contributed by atoms with van der Waals surface area (Å²) >= 11 is 0. The van der Waals surface area contributed by atoms with Crippen LogP contribution >= 0.6 is 0 Å². The molecule has 3 rings (SSSR count). The first-order valence-corrected chi connectivity index (χ1v) is 10.6. The van der Waals surface area contributed by atoms with Crippen LogP contribution in [0, 0.1) is 0 Å². The molecule has 1 aromatic rings. The van der Waals surface area contributed by atoms with E-state index in [1.807, 2.05) is 25.2 Å². The standard InChI is InChI=1S/C21H36N6O/c1-4-24-9-11-25(12-10-24)18(2)17-23-21(22-3)27-15-13-26(14-16-27)19-7-5-6-8-20(19)28/h5-8,18,28H,4,9-17H2,1-3H3,(H,22,23). The van der Waals surface area contributed by atoms with Crippen LogP contribution in [0.1, 0.15) is 13.8 Å². The van der Waals surface area contributed by atoms with Crippen LogP contribution in [0.25, 0.3) is 0 Å². The largest absolute Gasteiger partial charge is 0.506 e. The molecule has 2 heterocycles. The van der Waals surface area contributed by atoms with E-state index in [1.54, 1.807) is 6.07 Å². The van der Waals surface area contributed by atoms with Crippen LogP contribution < -0.4 is 10.2 Å². The third-order valence-corrected chi connectivity index (χ3v) is 6.05. The average molecular weight is 389 g/mol. The number of hydrogen-bond acceptors (Lipinski definition) is 5. The molecule has 1 unspecified atom stereocenters. The molecule has 156 valence electrons. The first-order chi connectivity index (χ1) is 13.6. The van der Waals surface area contributed by atoms with Crippen molar-refractivity contribution < 1.29 is 5.11 Å². The third-order valence-electron chi connectivity index (χ3n) is 6.05. The van der Waals surface area contributed by atoms with E-state index < -0.39 is 0 Å². The second kappa shape index (κ2) is 9.98. The lowest BCUT2D eigenvalue weighted by Crippen LogP contribution is -2.56. The lowest BCUT2D eigenvalue weighted by molar-refractivity contribution is 0.107. The van der Waals surface area contributed by atoms with Gasteiger partial charge in [0.2, 0.25) is 0 Å². The Morgan fingerprint density at radius 2 is 1.75 bits per heavy atom. The highest BCUT2D eigenvalue weighted by atomic mass is 16.3. The van der Waals surface area contributed by atoms with Gasteiger partial charge >= 0.3 is 0 Å². The van der Waals surface area contributed by atoms with Crippen LogP contribution in [0.5, 0.6) is 5.75 Å². The van der Waals surface area contributed by atoms with E-state index in [-0.39, 0.29) is 0 Å². The molecule has 7 heteroatoms. The van der Waals surface area contributed by atoms with E-state index in [4.69, 9.17) is 0 Å². The molecule has 2 saturated heterocycles. The number of likely N-dealkylation sites (N-methyl/N-ethyl adjacent to an activating group) is 1. The smallest absolute Gasteiger partial charge is 0.193 e. The fraction of sp³-hybridized carbons (Fsp3) is 0.667. The molecule has 0 amide bonds. The first kappa shape index (κ1) is 20.7. The number of nitrogens with zero attached hydrogens (tertiary/aromatic N) is 5. The van der Waals surface area contributed by atoms with Crippen LogP contribution in [-0.4, -0.2) is 104 Å². The topological polar surface area (TPSA) is 57.6 Å². The fourth-order valence-electron chi connectivity index (χ4n) is 4.11. The van der Waals surface area contributed by atoms with Crippen LogP contribution in [0.4, 0.5) is 5.69 Å². The minimum atomic E-state index is 0.357. The molecule has 0 spiro atoms. The third kappa shape index (κ3) is 5.08. The number of guanidine groups is 1. The summed E-state index contributed by atoms with van der Waals surface area (Å²) in [6.45, 7) is 14.8. The van der Waals surface area contributed by atoms with Crippen molar-refractivity contribution in [3.8, 4) is 5.75 Å². The van der Waals surface area contributed by atoms with Crippen molar-refractivity contribution >= 4 is 11.6 Å². The van der Waals surface area contributed by atoms with Crippen molar-refractivity contribution in [2.75, 3.05) is 77.4 Å². The molecule has 0 bridgehead atoms. The predicted octanol–water partition coefficient (Wildman–Crippen LogP) is 1.12. The van der Waals surface area contributed by atoms with Crippen molar-refractivity contribution in [2.45, 2.75) is 19.9 Å². The number of anilines is 1. The van der Waals surface area contributed by atoms with Crippen molar-refractivity contribution in [2.24, 2.45) is 4.99 Å². The molecule has 0 radical (unpaired) electrons. The Hall–Kier alpha value is -1.99. The molecule has 7 nitrogen and oxygen atoms in total. The molecule has 28 heavy (non-hydrogen) atoms. The Morgan fingerprint density at radius 1 is 1.07 bits per heavy atom. The highest BCUT2D eigenvalue weighted by Crippen LogP contribution is 2.27. The number of benzene rings is 1. The quantitative estimate of drug-likeness (QED) is 0.582. The second-order valence-corrected chi connectivity index (χ2v) is 7.71. The summed E-state index contributed by atoms with van der Waals surface area (Å²) < 4.78 is 0. The number of nitrogens with one attached hydrogen (secondary N) is 1. The molecule has 2 fully saturated rings. The molecule has 2 N–H and O–H groups in total. The molecule has 1 atom stereocenters.